The predicted octanol–water partition coefficient (Wildman–Crippen LogP) is 3.03. The normalized spacial score (nSPS) is 22.1. The summed E-state index contributed by atoms with van der Waals surface area (Å²) in [6.07, 6.45) is 4.44. The Morgan fingerprint density at radius 1 is 1.00 bits per heavy atom. The van der Waals surface area contributed by atoms with Crippen LogP contribution in [0.1, 0.15) is 43.7 Å². The summed E-state index contributed by atoms with van der Waals surface area (Å²) in [5.41, 5.74) is 2.28. The van der Waals surface area contributed by atoms with E-state index in [-0.39, 0.29) is 11.8 Å². The molecular weight excluding hydrogens is 312 g/mol. The first kappa shape index (κ1) is 18.0. The molecule has 2 aliphatic rings. The number of aryl methyl sites for hydroxylation is 1. The van der Waals surface area contributed by atoms with Crippen molar-refractivity contribution in [3.63, 3.8) is 0 Å². The van der Waals surface area contributed by atoms with Crippen molar-refractivity contribution < 1.29 is 9.59 Å². The van der Waals surface area contributed by atoms with Crippen molar-refractivity contribution >= 4 is 11.8 Å². The molecule has 2 fully saturated rings. The highest BCUT2D eigenvalue weighted by molar-refractivity contribution is 5.81. The van der Waals surface area contributed by atoms with Gasteiger partial charge in [-0.15, -0.1) is 0 Å². The summed E-state index contributed by atoms with van der Waals surface area (Å²) in [4.78, 5) is 29.2. The lowest BCUT2D eigenvalue weighted by Gasteiger charge is -2.37. The number of nitrogens with zero attached hydrogens (tertiary/aromatic N) is 2. The second kappa shape index (κ2) is 8.03. The lowest BCUT2D eigenvalue weighted by atomic mass is 9.92. The van der Waals surface area contributed by atoms with Gasteiger partial charge in [-0.05, 0) is 44.1 Å². The third kappa shape index (κ3) is 4.62. The van der Waals surface area contributed by atoms with E-state index in [1.54, 1.807) is 0 Å². The summed E-state index contributed by atoms with van der Waals surface area (Å²) in [6, 6.07) is 8.16. The average molecular weight is 342 g/mol. The topological polar surface area (TPSA) is 40.6 Å². The van der Waals surface area contributed by atoms with Gasteiger partial charge in [0, 0.05) is 32.1 Å². The van der Waals surface area contributed by atoms with Crippen LogP contribution in [0.15, 0.2) is 24.3 Å². The summed E-state index contributed by atoms with van der Waals surface area (Å²) < 4.78 is 0. The molecule has 0 aliphatic carbocycles. The molecule has 4 heteroatoms. The van der Waals surface area contributed by atoms with Crippen LogP contribution in [0.2, 0.25) is 0 Å². The average Bonchev–Trinajstić information content (AvgIpc) is 2.63. The monoisotopic (exact) mass is 342 g/mol. The Bertz CT molecular complexity index is 603. The molecule has 1 atom stereocenters. The quantitative estimate of drug-likeness (QED) is 0.847. The molecule has 2 heterocycles. The van der Waals surface area contributed by atoms with Gasteiger partial charge in [-0.2, -0.15) is 0 Å². The minimum atomic E-state index is 0.105. The van der Waals surface area contributed by atoms with E-state index in [4.69, 9.17) is 0 Å². The van der Waals surface area contributed by atoms with Crippen molar-refractivity contribution in [2.75, 3.05) is 26.2 Å². The highest BCUT2D eigenvalue weighted by Crippen LogP contribution is 2.24. The third-order valence-electron chi connectivity index (χ3n) is 5.64. The number of piperidine rings is 2. The van der Waals surface area contributed by atoms with Gasteiger partial charge in [0.2, 0.25) is 11.8 Å². The summed E-state index contributed by atoms with van der Waals surface area (Å²) in [6.45, 7) is 7.53. The molecule has 0 spiro atoms. The number of hydrogen-bond acceptors (Lipinski definition) is 2. The molecule has 25 heavy (non-hydrogen) atoms. The van der Waals surface area contributed by atoms with E-state index >= 15 is 0 Å². The van der Waals surface area contributed by atoms with Crippen molar-refractivity contribution in [2.24, 2.45) is 11.8 Å². The van der Waals surface area contributed by atoms with E-state index < -0.39 is 0 Å². The molecule has 0 radical (unpaired) electrons. The fourth-order valence-electron chi connectivity index (χ4n) is 4.02. The largest absolute Gasteiger partial charge is 0.342 e. The number of rotatable bonds is 3. The predicted molar refractivity (Wildman–Crippen MR) is 99.2 cm³/mol. The van der Waals surface area contributed by atoms with Crippen molar-refractivity contribution in [1.82, 2.24) is 9.80 Å². The summed E-state index contributed by atoms with van der Waals surface area (Å²) >= 11 is 0. The number of benzene rings is 1. The fourth-order valence-corrected chi connectivity index (χ4v) is 4.02. The Balaban J connectivity index is 1.48. The van der Waals surface area contributed by atoms with Crippen molar-refractivity contribution in [1.29, 1.82) is 0 Å². The van der Waals surface area contributed by atoms with Gasteiger partial charge in [-0.25, -0.2) is 0 Å². The van der Waals surface area contributed by atoms with Gasteiger partial charge in [-0.3, -0.25) is 9.59 Å². The standard InChI is InChI=1S/C21H30N2O2/c1-16-5-7-18(8-6-16)14-20(24)22-12-9-19(10-13-22)21(25)23-11-3-4-17(2)15-23/h5-8,17,19H,3-4,9-15H2,1-2H3. The van der Waals surface area contributed by atoms with Crippen LogP contribution in [0.25, 0.3) is 0 Å². The molecule has 4 nitrogen and oxygen atoms in total. The van der Waals surface area contributed by atoms with E-state index in [1.165, 1.54) is 12.0 Å². The first-order chi connectivity index (χ1) is 12.0. The first-order valence-corrected chi connectivity index (χ1v) is 9.65. The van der Waals surface area contributed by atoms with Crippen molar-refractivity contribution in [3.05, 3.63) is 35.4 Å². The second-order valence-corrected chi connectivity index (χ2v) is 7.85. The highest BCUT2D eigenvalue weighted by Gasteiger charge is 2.31. The number of amides is 2. The Kier molecular flexibility index (Phi) is 5.77. The Morgan fingerprint density at radius 3 is 2.32 bits per heavy atom. The van der Waals surface area contributed by atoms with Gasteiger partial charge >= 0.3 is 0 Å². The molecule has 1 unspecified atom stereocenters. The maximum atomic E-state index is 12.7. The van der Waals surface area contributed by atoms with Crippen molar-refractivity contribution in [2.45, 2.75) is 46.0 Å². The minimum Gasteiger partial charge on any atom is -0.342 e. The maximum Gasteiger partial charge on any atom is 0.226 e. The zero-order valence-corrected chi connectivity index (χ0v) is 15.5. The zero-order valence-electron chi connectivity index (χ0n) is 15.5. The SMILES string of the molecule is Cc1ccc(CC(=O)N2CCC(C(=O)N3CCCC(C)C3)CC2)cc1. The van der Waals surface area contributed by atoms with E-state index in [1.807, 2.05) is 29.2 Å². The summed E-state index contributed by atoms with van der Waals surface area (Å²) in [5, 5.41) is 0. The van der Waals surface area contributed by atoms with Gasteiger partial charge in [0.25, 0.3) is 0 Å². The van der Waals surface area contributed by atoms with E-state index in [0.717, 1.165) is 37.9 Å². The molecule has 0 aromatic heterocycles. The van der Waals surface area contributed by atoms with E-state index in [2.05, 4.69) is 18.7 Å². The Hall–Kier alpha value is -1.84. The molecule has 136 valence electrons. The second-order valence-electron chi connectivity index (χ2n) is 7.85. The highest BCUT2D eigenvalue weighted by atomic mass is 16.2. The van der Waals surface area contributed by atoms with Gasteiger partial charge in [0.15, 0.2) is 0 Å². The number of carbonyl (C=O) groups is 2. The Labute approximate surface area is 151 Å². The van der Waals surface area contributed by atoms with Crippen LogP contribution in [0.3, 0.4) is 0 Å². The lowest BCUT2D eigenvalue weighted by Crippen LogP contribution is -2.47. The number of likely N-dealkylation sites (tertiary alicyclic amines) is 2. The third-order valence-corrected chi connectivity index (χ3v) is 5.64. The van der Waals surface area contributed by atoms with Gasteiger partial charge < -0.3 is 9.80 Å². The molecule has 0 saturated carbocycles. The van der Waals surface area contributed by atoms with Crippen LogP contribution in [-0.2, 0) is 16.0 Å². The smallest absolute Gasteiger partial charge is 0.226 e. The molecule has 1 aromatic rings. The molecule has 3 rings (SSSR count). The fraction of sp³-hybridized carbons (Fsp3) is 0.619. The molecule has 2 amide bonds. The molecule has 2 aliphatic heterocycles. The molecule has 0 bridgehead atoms. The number of hydrogen-bond donors (Lipinski definition) is 0. The molecule has 0 N–H and O–H groups in total. The van der Waals surface area contributed by atoms with Crippen LogP contribution >= 0.6 is 0 Å². The van der Waals surface area contributed by atoms with Crippen molar-refractivity contribution in [3.8, 4) is 0 Å². The molecule has 2 saturated heterocycles. The van der Waals surface area contributed by atoms with Gasteiger partial charge in [-0.1, -0.05) is 36.8 Å². The van der Waals surface area contributed by atoms with Crippen LogP contribution in [0.4, 0.5) is 0 Å². The van der Waals surface area contributed by atoms with E-state index in [0.29, 0.717) is 31.3 Å². The van der Waals surface area contributed by atoms with Gasteiger partial charge in [0.1, 0.15) is 0 Å². The maximum absolute atomic E-state index is 12.7. The van der Waals surface area contributed by atoms with Crippen LogP contribution < -0.4 is 0 Å². The summed E-state index contributed by atoms with van der Waals surface area (Å²) in [5.74, 6) is 1.22. The Morgan fingerprint density at radius 2 is 1.68 bits per heavy atom. The first-order valence-electron chi connectivity index (χ1n) is 9.65. The van der Waals surface area contributed by atoms with Crippen LogP contribution in [-0.4, -0.2) is 47.8 Å². The lowest BCUT2D eigenvalue weighted by molar-refractivity contribution is -0.141. The molecule has 1 aromatic carbocycles. The summed E-state index contributed by atoms with van der Waals surface area (Å²) in [7, 11) is 0. The number of carbonyl (C=O) groups excluding carboxylic acids is 2. The minimum absolute atomic E-state index is 0.105. The van der Waals surface area contributed by atoms with Crippen LogP contribution in [0.5, 0.6) is 0 Å². The van der Waals surface area contributed by atoms with Gasteiger partial charge in [0.05, 0.1) is 6.42 Å². The molecular formula is C21H30N2O2. The zero-order chi connectivity index (χ0) is 17.8. The van der Waals surface area contributed by atoms with E-state index in [9.17, 15) is 9.59 Å². The van der Waals surface area contributed by atoms with Crippen LogP contribution in [0, 0.1) is 18.8 Å².